The fourth-order valence-electron chi connectivity index (χ4n) is 6.74. The van der Waals surface area contributed by atoms with Crippen LogP contribution in [0.1, 0.15) is 71.1 Å². The lowest BCUT2D eigenvalue weighted by Crippen LogP contribution is -2.57. The maximum Gasteiger partial charge on any atom is 0.245 e. The zero-order valence-electron chi connectivity index (χ0n) is 29.2. The third kappa shape index (κ3) is 11.7. The standard InChI is InChI=1S/C31H53N13O7/c1-18(45)42-14-5-10-22(42)27(49)40-19(7-2-12-37-30(33)34)26(48)39-17-24(46)43-15-6-11-23(43)28(50)41-20(8-3-13-38-31(35)36)29(51)44-16-4-9-21(44)25(32)47/h19-23H,2-17H2,1H3,(H2,32,47)(H,39,48)(H,40,49)(H,41,50)(H4,33,34,37)(H4,35,36,38)/t19-,20-,21-,22-,23-/m0/s1. The number of nitrogens with zero attached hydrogens (tertiary/aromatic N) is 5. The summed E-state index contributed by atoms with van der Waals surface area (Å²) in [5.41, 5.74) is 27.1. The Labute approximate surface area is 296 Å². The molecule has 0 spiro atoms. The molecule has 0 saturated carbocycles. The van der Waals surface area contributed by atoms with E-state index in [-0.39, 0.29) is 50.3 Å². The number of hydrogen-bond donors (Lipinski definition) is 8. The molecule has 0 unspecified atom stereocenters. The molecule has 0 aromatic heterocycles. The fraction of sp³-hybridized carbons (Fsp3) is 0.710. The average molecular weight is 720 g/mol. The van der Waals surface area contributed by atoms with Crippen molar-refractivity contribution in [2.24, 2.45) is 38.7 Å². The quantitative estimate of drug-likeness (QED) is 0.0403. The Kier molecular flexibility index (Phi) is 15.2. The predicted molar refractivity (Wildman–Crippen MR) is 186 cm³/mol. The molecule has 0 radical (unpaired) electrons. The summed E-state index contributed by atoms with van der Waals surface area (Å²) < 4.78 is 0. The Morgan fingerprint density at radius 3 is 1.67 bits per heavy atom. The maximum atomic E-state index is 13.6. The first-order chi connectivity index (χ1) is 24.2. The van der Waals surface area contributed by atoms with E-state index >= 15 is 0 Å². The number of rotatable bonds is 17. The Balaban J connectivity index is 1.65. The number of primary amides is 1. The second kappa shape index (κ2) is 19.3. The zero-order valence-corrected chi connectivity index (χ0v) is 29.2. The van der Waals surface area contributed by atoms with Gasteiger partial charge in [-0.25, -0.2) is 0 Å². The van der Waals surface area contributed by atoms with Gasteiger partial charge >= 0.3 is 0 Å². The molecule has 51 heavy (non-hydrogen) atoms. The van der Waals surface area contributed by atoms with Gasteiger partial charge in [-0.1, -0.05) is 0 Å². The van der Waals surface area contributed by atoms with E-state index < -0.39 is 72.2 Å². The summed E-state index contributed by atoms with van der Waals surface area (Å²) in [6, 6.07) is -4.48. The molecular weight excluding hydrogens is 666 g/mol. The van der Waals surface area contributed by atoms with Gasteiger partial charge in [0.05, 0.1) is 6.54 Å². The molecule has 0 bridgehead atoms. The summed E-state index contributed by atoms with van der Waals surface area (Å²) in [7, 11) is 0. The summed E-state index contributed by atoms with van der Waals surface area (Å²) in [5.74, 6) is -3.78. The van der Waals surface area contributed by atoms with Crippen LogP contribution in [0.4, 0.5) is 0 Å². The molecule has 284 valence electrons. The van der Waals surface area contributed by atoms with E-state index in [0.717, 1.165) is 0 Å². The van der Waals surface area contributed by atoms with E-state index in [1.807, 2.05) is 0 Å². The highest BCUT2D eigenvalue weighted by molar-refractivity contribution is 5.96. The van der Waals surface area contributed by atoms with Crippen molar-refractivity contribution in [1.29, 1.82) is 0 Å². The maximum absolute atomic E-state index is 13.6. The number of carbonyl (C=O) groups excluding carboxylic acids is 7. The van der Waals surface area contributed by atoms with Gasteiger partial charge < -0.3 is 59.3 Å². The molecular formula is C31H53N13O7. The van der Waals surface area contributed by atoms with Gasteiger partial charge in [0, 0.05) is 39.6 Å². The third-order valence-electron chi connectivity index (χ3n) is 9.25. The van der Waals surface area contributed by atoms with Crippen molar-refractivity contribution in [2.75, 3.05) is 39.3 Å². The van der Waals surface area contributed by atoms with Gasteiger partial charge in [0.25, 0.3) is 0 Å². The van der Waals surface area contributed by atoms with Gasteiger partial charge in [-0.05, 0) is 64.2 Å². The summed E-state index contributed by atoms with van der Waals surface area (Å²) in [4.78, 5) is 103. The molecule has 0 aliphatic carbocycles. The number of guanidine groups is 2. The van der Waals surface area contributed by atoms with Gasteiger partial charge in [0.2, 0.25) is 41.4 Å². The minimum atomic E-state index is -1.05. The van der Waals surface area contributed by atoms with Crippen LogP contribution >= 0.6 is 0 Å². The molecule has 0 aromatic rings. The minimum absolute atomic E-state index is 0.115. The van der Waals surface area contributed by atoms with Crippen molar-refractivity contribution in [2.45, 2.75) is 101 Å². The van der Waals surface area contributed by atoms with E-state index in [0.29, 0.717) is 64.5 Å². The first-order valence-electron chi connectivity index (χ1n) is 17.4. The third-order valence-corrected chi connectivity index (χ3v) is 9.25. The first-order valence-corrected chi connectivity index (χ1v) is 17.4. The van der Waals surface area contributed by atoms with Gasteiger partial charge in [0.15, 0.2) is 11.9 Å². The molecule has 3 heterocycles. The van der Waals surface area contributed by atoms with E-state index in [4.69, 9.17) is 28.7 Å². The lowest BCUT2D eigenvalue weighted by atomic mass is 10.1. The second-order valence-electron chi connectivity index (χ2n) is 12.9. The Morgan fingerprint density at radius 2 is 1.14 bits per heavy atom. The number of likely N-dealkylation sites (tertiary alicyclic amines) is 3. The first kappa shape index (κ1) is 40.3. The molecule has 3 rings (SSSR count). The van der Waals surface area contributed by atoms with E-state index in [1.54, 1.807) is 0 Å². The fourth-order valence-corrected chi connectivity index (χ4v) is 6.74. The molecule has 3 aliphatic heterocycles. The van der Waals surface area contributed by atoms with Crippen LogP contribution in [0, 0.1) is 0 Å². The van der Waals surface area contributed by atoms with Crippen LogP contribution in [-0.2, 0) is 33.6 Å². The normalized spacial score (nSPS) is 21.0. The topological polar surface area (TPSA) is 320 Å². The number of hydrogen-bond acceptors (Lipinski definition) is 9. The molecule has 3 saturated heterocycles. The van der Waals surface area contributed by atoms with Crippen molar-refractivity contribution in [3.05, 3.63) is 0 Å². The van der Waals surface area contributed by atoms with Crippen LogP contribution in [0.5, 0.6) is 0 Å². The highest BCUT2D eigenvalue weighted by atomic mass is 16.2. The van der Waals surface area contributed by atoms with Crippen molar-refractivity contribution < 1.29 is 33.6 Å². The number of amides is 7. The van der Waals surface area contributed by atoms with Crippen LogP contribution in [0.3, 0.4) is 0 Å². The van der Waals surface area contributed by atoms with Crippen molar-refractivity contribution in [3.8, 4) is 0 Å². The van der Waals surface area contributed by atoms with Crippen LogP contribution in [0.15, 0.2) is 9.98 Å². The molecule has 20 nitrogen and oxygen atoms in total. The van der Waals surface area contributed by atoms with Crippen LogP contribution in [0.2, 0.25) is 0 Å². The van der Waals surface area contributed by atoms with Gasteiger partial charge in [-0.2, -0.15) is 0 Å². The minimum Gasteiger partial charge on any atom is -0.370 e. The molecule has 7 amide bonds. The van der Waals surface area contributed by atoms with Crippen molar-refractivity contribution in [3.63, 3.8) is 0 Å². The summed E-state index contributed by atoms with van der Waals surface area (Å²) >= 11 is 0. The van der Waals surface area contributed by atoms with E-state index in [9.17, 15) is 33.6 Å². The average Bonchev–Trinajstić information content (AvgIpc) is 3.86. The largest absolute Gasteiger partial charge is 0.370 e. The predicted octanol–water partition coefficient (Wildman–Crippen LogP) is -4.34. The van der Waals surface area contributed by atoms with Crippen LogP contribution < -0.4 is 44.6 Å². The molecule has 0 aromatic carbocycles. The monoisotopic (exact) mass is 719 g/mol. The smallest absolute Gasteiger partial charge is 0.245 e. The Hall–Kier alpha value is -5.17. The second-order valence-corrected chi connectivity index (χ2v) is 12.9. The lowest BCUT2D eigenvalue weighted by Gasteiger charge is -2.30. The van der Waals surface area contributed by atoms with Gasteiger partial charge in [-0.3, -0.25) is 43.5 Å². The molecule has 20 heteroatoms. The van der Waals surface area contributed by atoms with E-state index in [2.05, 4.69) is 25.9 Å². The van der Waals surface area contributed by atoms with Gasteiger partial charge in [-0.15, -0.1) is 0 Å². The highest BCUT2D eigenvalue weighted by Crippen LogP contribution is 2.22. The SMILES string of the molecule is CC(=O)N1CCC[C@H]1C(=O)N[C@@H](CCCN=C(N)N)C(=O)NCC(=O)N1CCC[C@H]1C(=O)N[C@@H](CCCN=C(N)N)C(=O)N1CCC[C@H]1C(N)=O. The summed E-state index contributed by atoms with van der Waals surface area (Å²) in [5, 5.41) is 8.06. The Morgan fingerprint density at radius 1 is 0.667 bits per heavy atom. The number of aliphatic imine (C=N–C) groups is 2. The zero-order chi connectivity index (χ0) is 37.7. The molecule has 5 atom stereocenters. The molecule has 3 fully saturated rings. The van der Waals surface area contributed by atoms with Crippen molar-refractivity contribution >= 4 is 53.3 Å². The van der Waals surface area contributed by atoms with Crippen LogP contribution in [0.25, 0.3) is 0 Å². The highest BCUT2D eigenvalue weighted by Gasteiger charge is 2.40. The summed E-state index contributed by atoms with van der Waals surface area (Å²) in [6.45, 7) is 2.32. The number of nitrogens with one attached hydrogen (secondary N) is 3. The lowest BCUT2D eigenvalue weighted by molar-refractivity contribution is -0.143. The molecule has 3 aliphatic rings. The van der Waals surface area contributed by atoms with Crippen molar-refractivity contribution in [1.82, 2.24) is 30.7 Å². The Bertz CT molecular complexity index is 1360. The van der Waals surface area contributed by atoms with Gasteiger partial charge in [0.1, 0.15) is 30.2 Å². The van der Waals surface area contributed by atoms with Crippen LogP contribution in [-0.4, -0.2) is 137 Å². The number of carbonyl (C=O) groups is 7. The number of nitrogens with two attached hydrogens (primary N) is 5. The summed E-state index contributed by atoms with van der Waals surface area (Å²) in [6.07, 6.45) is 3.95. The van der Waals surface area contributed by atoms with E-state index in [1.165, 1.54) is 21.6 Å². The molecule has 13 N–H and O–H groups in total.